The van der Waals surface area contributed by atoms with Crippen LogP contribution in [0, 0.1) is 6.92 Å². The molecule has 1 N–H and O–H groups in total. The van der Waals surface area contributed by atoms with Gasteiger partial charge in [-0.15, -0.1) is 24.5 Å². The van der Waals surface area contributed by atoms with E-state index >= 15 is 0 Å². The highest BCUT2D eigenvalue weighted by molar-refractivity contribution is 7.20. The number of hydrogen-bond acceptors (Lipinski definition) is 6. The molecule has 30 heavy (non-hydrogen) atoms. The molecule has 0 aromatic carbocycles. The molecule has 9 nitrogen and oxygen atoms in total. The second kappa shape index (κ2) is 8.22. The molecule has 1 aliphatic rings. The summed E-state index contributed by atoms with van der Waals surface area (Å²) in [7, 11) is 0. The van der Waals surface area contributed by atoms with Crippen LogP contribution in [0.15, 0.2) is 9.59 Å². The van der Waals surface area contributed by atoms with E-state index < -0.39 is 36.7 Å². The molecule has 1 saturated heterocycles. The Hall–Kier alpha value is -2.67. The lowest BCUT2D eigenvalue weighted by molar-refractivity contribution is -0.325. The highest BCUT2D eigenvalue weighted by Crippen LogP contribution is 2.29. The van der Waals surface area contributed by atoms with Crippen molar-refractivity contribution in [1.82, 2.24) is 19.4 Å². The van der Waals surface area contributed by atoms with Crippen molar-refractivity contribution in [3.8, 4) is 0 Å². The summed E-state index contributed by atoms with van der Waals surface area (Å²) in [5, 5.41) is 2.70. The first-order valence-corrected chi connectivity index (χ1v) is 9.90. The number of carbonyl (C=O) groups excluding carboxylic acids is 2. The fourth-order valence-corrected chi connectivity index (χ4v) is 4.57. The number of piperazine rings is 1. The van der Waals surface area contributed by atoms with Crippen molar-refractivity contribution in [2.24, 2.45) is 0 Å². The van der Waals surface area contributed by atoms with Gasteiger partial charge in [0.2, 0.25) is 5.91 Å². The summed E-state index contributed by atoms with van der Waals surface area (Å²) in [4.78, 5) is 51.6. The molecule has 1 aliphatic heterocycles. The molecule has 0 unspecified atom stereocenters. The van der Waals surface area contributed by atoms with E-state index in [1.165, 1.54) is 4.90 Å². The van der Waals surface area contributed by atoms with Crippen LogP contribution in [0.2, 0.25) is 0 Å². The van der Waals surface area contributed by atoms with Crippen LogP contribution in [0.4, 0.5) is 13.2 Å². The zero-order valence-corrected chi connectivity index (χ0v) is 17.0. The summed E-state index contributed by atoms with van der Waals surface area (Å²) >= 11 is 0.849. The highest BCUT2D eigenvalue weighted by Gasteiger charge is 2.30. The molecular formula is C17H19F3N4O5S. The standard InChI is InChI=1S/C17H19F3N4O5S/c1-3-23-13(26)11-9(2)12(14(27)22-5-4-21-10(25)8-22)30-15(11)24(16(23)28)6-7-29-17(18,19)20/h3-8H2,1-2H3,(H,21,25). The molecule has 0 saturated carbocycles. The smallest absolute Gasteiger partial charge is 0.353 e. The molecule has 2 aromatic rings. The number of nitrogens with one attached hydrogen (secondary N) is 1. The van der Waals surface area contributed by atoms with Crippen LogP contribution in [0.1, 0.15) is 22.2 Å². The fourth-order valence-electron chi connectivity index (χ4n) is 3.28. The summed E-state index contributed by atoms with van der Waals surface area (Å²) in [6.07, 6.45) is -4.86. The summed E-state index contributed by atoms with van der Waals surface area (Å²) < 4.78 is 42.7. The maximum Gasteiger partial charge on any atom is 0.522 e. The average Bonchev–Trinajstić information content (AvgIpc) is 3.00. The Balaban J connectivity index is 2.11. The molecule has 2 amide bonds. The number of nitrogens with zero attached hydrogens (tertiary/aromatic N) is 3. The minimum atomic E-state index is -4.86. The van der Waals surface area contributed by atoms with Crippen molar-refractivity contribution < 1.29 is 27.5 Å². The lowest BCUT2D eigenvalue weighted by atomic mass is 10.2. The predicted octanol–water partition coefficient (Wildman–Crippen LogP) is 0.661. The average molecular weight is 448 g/mol. The zero-order valence-electron chi connectivity index (χ0n) is 16.2. The molecule has 0 radical (unpaired) electrons. The van der Waals surface area contributed by atoms with Crippen molar-refractivity contribution >= 4 is 33.4 Å². The number of thiophene rings is 1. The molecule has 0 bridgehead atoms. The van der Waals surface area contributed by atoms with Gasteiger partial charge >= 0.3 is 12.1 Å². The molecule has 1 fully saturated rings. The van der Waals surface area contributed by atoms with Gasteiger partial charge in [0.15, 0.2) is 0 Å². The molecule has 3 heterocycles. The van der Waals surface area contributed by atoms with Crippen LogP contribution < -0.4 is 16.6 Å². The van der Waals surface area contributed by atoms with Gasteiger partial charge in [0, 0.05) is 19.6 Å². The number of fused-ring (bicyclic) bond motifs is 1. The third-order valence-corrected chi connectivity index (χ3v) is 6.01. The second-order valence-electron chi connectivity index (χ2n) is 6.59. The van der Waals surface area contributed by atoms with Gasteiger partial charge in [0.1, 0.15) is 4.83 Å². The van der Waals surface area contributed by atoms with Crippen molar-refractivity contribution in [3.05, 3.63) is 31.3 Å². The zero-order chi connectivity index (χ0) is 22.2. The van der Waals surface area contributed by atoms with Gasteiger partial charge in [-0.05, 0) is 19.4 Å². The topological polar surface area (TPSA) is 103 Å². The largest absolute Gasteiger partial charge is 0.522 e. The van der Waals surface area contributed by atoms with Crippen LogP contribution in [0.5, 0.6) is 0 Å². The van der Waals surface area contributed by atoms with E-state index in [1.807, 2.05) is 0 Å². The van der Waals surface area contributed by atoms with Crippen LogP contribution in [-0.4, -0.2) is 58.5 Å². The van der Waals surface area contributed by atoms with E-state index in [1.54, 1.807) is 13.8 Å². The third-order valence-electron chi connectivity index (χ3n) is 4.71. The second-order valence-corrected chi connectivity index (χ2v) is 7.59. The van der Waals surface area contributed by atoms with Crippen LogP contribution in [0.25, 0.3) is 10.2 Å². The summed E-state index contributed by atoms with van der Waals surface area (Å²) in [5.41, 5.74) is -1.07. The van der Waals surface area contributed by atoms with E-state index in [9.17, 15) is 32.3 Å². The SMILES string of the molecule is CCn1c(=O)c2c(C)c(C(=O)N3CCNC(=O)C3)sc2n(CCOC(F)(F)F)c1=O. The van der Waals surface area contributed by atoms with E-state index in [2.05, 4.69) is 10.1 Å². The lowest BCUT2D eigenvalue weighted by Gasteiger charge is -2.26. The number of carbonyl (C=O) groups is 2. The third kappa shape index (κ3) is 4.12. The van der Waals surface area contributed by atoms with Gasteiger partial charge in [0.25, 0.3) is 11.5 Å². The first-order valence-electron chi connectivity index (χ1n) is 9.08. The first kappa shape index (κ1) is 22.0. The molecule has 0 spiro atoms. The van der Waals surface area contributed by atoms with E-state index in [-0.39, 0.29) is 47.2 Å². The first-order chi connectivity index (χ1) is 14.0. The van der Waals surface area contributed by atoms with Crippen molar-refractivity contribution in [1.29, 1.82) is 0 Å². The molecular weight excluding hydrogens is 429 g/mol. The van der Waals surface area contributed by atoms with E-state index in [4.69, 9.17) is 0 Å². The van der Waals surface area contributed by atoms with Crippen molar-refractivity contribution in [2.45, 2.75) is 33.3 Å². The molecule has 2 aromatic heterocycles. The molecule has 3 rings (SSSR count). The van der Waals surface area contributed by atoms with Gasteiger partial charge in [0.05, 0.1) is 30.0 Å². The number of alkyl halides is 3. The summed E-state index contributed by atoms with van der Waals surface area (Å²) in [6.45, 7) is 2.27. The van der Waals surface area contributed by atoms with Crippen LogP contribution in [-0.2, 0) is 22.6 Å². The van der Waals surface area contributed by atoms with Gasteiger partial charge in [-0.1, -0.05) is 0 Å². The quantitative estimate of drug-likeness (QED) is 0.724. The Morgan fingerprint density at radius 1 is 1.23 bits per heavy atom. The monoisotopic (exact) mass is 448 g/mol. The van der Waals surface area contributed by atoms with Gasteiger partial charge in [-0.25, -0.2) is 4.79 Å². The van der Waals surface area contributed by atoms with Crippen LogP contribution in [0.3, 0.4) is 0 Å². The number of ether oxygens (including phenoxy) is 1. The summed E-state index contributed by atoms with van der Waals surface area (Å²) in [6, 6.07) is 0. The lowest BCUT2D eigenvalue weighted by Crippen LogP contribution is -2.49. The number of aryl methyl sites for hydroxylation is 1. The predicted molar refractivity (Wildman–Crippen MR) is 102 cm³/mol. The number of rotatable bonds is 5. The number of hydrogen-bond donors (Lipinski definition) is 1. The summed E-state index contributed by atoms with van der Waals surface area (Å²) in [5.74, 6) is -0.792. The van der Waals surface area contributed by atoms with Gasteiger partial charge in [-0.2, -0.15) is 0 Å². The Bertz CT molecular complexity index is 1120. The Morgan fingerprint density at radius 3 is 2.53 bits per heavy atom. The maximum atomic E-state index is 12.9. The minimum Gasteiger partial charge on any atom is -0.353 e. The van der Waals surface area contributed by atoms with E-state index in [0.29, 0.717) is 5.56 Å². The van der Waals surface area contributed by atoms with Crippen molar-refractivity contribution in [2.75, 3.05) is 26.2 Å². The van der Waals surface area contributed by atoms with Gasteiger partial charge in [-0.3, -0.25) is 28.3 Å². The number of amides is 2. The number of aromatic nitrogens is 2. The maximum absolute atomic E-state index is 12.9. The molecule has 13 heteroatoms. The normalized spacial score (nSPS) is 15.0. The van der Waals surface area contributed by atoms with E-state index in [0.717, 1.165) is 20.5 Å². The Kier molecular flexibility index (Phi) is 6.04. The Labute approximate surface area is 171 Å². The minimum absolute atomic E-state index is 0.0125. The fraction of sp³-hybridized carbons (Fsp3) is 0.529. The molecule has 164 valence electrons. The highest BCUT2D eigenvalue weighted by atomic mass is 32.1. The van der Waals surface area contributed by atoms with Crippen LogP contribution >= 0.6 is 11.3 Å². The van der Waals surface area contributed by atoms with Gasteiger partial charge < -0.3 is 10.2 Å². The number of halogens is 3. The molecule has 0 atom stereocenters. The van der Waals surface area contributed by atoms with Crippen molar-refractivity contribution in [3.63, 3.8) is 0 Å². The Morgan fingerprint density at radius 2 is 1.93 bits per heavy atom. The molecule has 0 aliphatic carbocycles.